The summed E-state index contributed by atoms with van der Waals surface area (Å²) < 4.78 is 10.6. The molecule has 1 fully saturated rings. The van der Waals surface area contributed by atoms with Crippen LogP contribution in [0.2, 0.25) is 0 Å². The van der Waals surface area contributed by atoms with Crippen molar-refractivity contribution in [1.29, 1.82) is 0 Å². The summed E-state index contributed by atoms with van der Waals surface area (Å²) in [6.45, 7) is 4.04. The van der Waals surface area contributed by atoms with Crippen molar-refractivity contribution in [2.75, 3.05) is 46.5 Å². The molecule has 1 heterocycles. The first-order chi connectivity index (χ1) is 10.7. The van der Waals surface area contributed by atoms with E-state index in [1.807, 2.05) is 41.1 Å². The molecule has 1 aliphatic rings. The first-order valence-corrected chi connectivity index (χ1v) is 7.38. The Hall–Kier alpha value is -2.03. The maximum atomic E-state index is 12.2. The van der Waals surface area contributed by atoms with E-state index in [9.17, 15) is 4.79 Å². The third kappa shape index (κ3) is 5.06. The summed E-state index contributed by atoms with van der Waals surface area (Å²) in [4.78, 5) is 16.0. The zero-order valence-corrected chi connectivity index (χ0v) is 13.0. The van der Waals surface area contributed by atoms with Crippen LogP contribution in [-0.4, -0.2) is 62.2 Å². The monoisotopic (exact) mass is 302 g/mol. The van der Waals surface area contributed by atoms with Crippen LogP contribution >= 0.6 is 0 Å². The molecule has 5 nitrogen and oxygen atoms in total. The van der Waals surface area contributed by atoms with Gasteiger partial charge < -0.3 is 14.4 Å². The quantitative estimate of drug-likeness (QED) is 0.735. The number of ether oxygens (including phenoxy) is 2. The highest BCUT2D eigenvalue weighted by atomic mass is 16.5. The average molecular weight is 302 g/mol. The molecule has 0 atom stereocenters. The lowest BCUT2D eigenvalue weighted by atomic mass is 10.2. The largest absolute Gasteiger partial charge is 0.481 e. The van der Waals surface area contributed by atoms with Crippen molar-refractivity contribution in [3.05, 3.63) is 29.8 Å². The van der Waals surface area contributed by atoms with Gasteiger partial charge in [0, 0.05) is 19.6 Å². The van der Waals surface area contributed by atoms with Gasteiger partial charge in [-0.25, -0.2) is 0 Å². The number of terminal acetylenes is 1. The molecule has 1 amide bonds. The van der Waals surface area contributed by atoms with E-state index in [0.717, 1.165) is 11.3 Å². The van der Waals surface area contributed by atoms with Crippen LogP contribution in [0, 0.1) is 12.3 Å². The van der Waals surface area contributed by atoms with E-state index in [0.29, 0.717) is 39.4 Å². The first kappa shape index (κ1) is 16.3. The molecule has 1 aromatic rings. The van der Waals surface area contributed by atoms with E-state index in [-0.39, 0.29) is 12.5 Å². The van der Waals surface area contributed by atoms with Gasteiger partial charge in [-0.15, -0.1) is 6.42 Å². The summed E-state index contributed by atoms with van der Waals surface area (Å²) in [5, 5.41) is 0. The van der Waals surface area contributed by atoms with E-state index >= 15 is 0 Å². The Morgan fingerprint density at radius 3 is 2.68 bits per heavy atom. The Bertz CT molecular complexity index is 516. The molecular formula is C17H22N2O3. The van der Waals surface area contributed by atoms with Gasteiger partial charge in [0.25, 0.3) is 0 Å². The number of benzene rings is 1. The van der Waals surface area contributed by atoms with Crippen LogP contribution in [0.5, 0.6) is 5.75 Å². The van der Waals surface area contributed by atoms with Crippen LogP contribution in [0.25, 0.3) is 0 Å². The van der Waals surface area contributed by atoms with E-state index in [1.165, 1.54) is 0 Å². The van der Waals surface area contributed by atoms with Crippen molar-refractivity contribution >= 4 is 5.91 Å². The molecule has 1 aromatic carbocycles. The van der Waals surface area contributed by atoms with Crippen LogP contribution in [0.3, 0.4) is 0 Å². The molecule has 0 aliphatic carbocycles. The predicted molar refractivity (Wildman–Crippen MR) is 84.5 cm³/mol. The number of amides is 1. The van der Waals surface area contributed by atoms with E-state index in [1.54, 1.807) is 0 Å². The normalized spacial score (nSPS) is 14.7. The third-order valence-corrected chi connectivity index (χ3v) is 3.47. The maximum Gasteiger partial charge on any atom is 0.236 e. The second kappa shape index (κ2) is 8.42. The zero-order chi connectivity index (χ0) is 15.8. The highest BCUT2D eigenvalue weighted by Crippen LogP contribution is 2.13. The van der Waals surface area contributed by atoms with Gasteiger partial charge in [0.2, 0.25) is 5.91 Å². The van der Waals surface area contributed by atoms with E-state index in [2.05, 4.69) is 5.92 Å². The van der Waals surface area contributed by atoms with Crippen molar-refractivity contribution in [2.24, 2.45) is 0 Å². The predicted octanol–water partition coefficient (Wildman–Crippen LogP) is 0.989. The summed E-state index contributed by atoms with van der Waals surface area (Å²) in [5.74, 6) is 3.34. The minimum atomic E-state index is 0.153. The molecular weight excluding hydrogens is 280 g/mol. The minimum absolute atomic E-state index is 0.153. The summed E-state index contributed by atoms with van der Waals surface area (Å²) in [6, 6.07) is 7.76. The van der Waals surface area contributed by atoms with Gasteiger partial charge in [0.05, 0.1) is 19.8 Å². The number of hydrogen-bond donors (Lipinski definition) is 0. The summed E-state index contributed by atoms with van der Waals surface area (Å²) in [6.07, 6.45) is 5.15. The Kier molecular flexibility index (Phi) is 6.26. The maximum absolute atomic E-state index is 12.2. The lowest BCUT2D eigenvalue weighted by Crippen LogP contribution is -2.44. The van der Waals surface area contributed by atoms with Crippen LogP contribution in [0.15, 0.2) is 24.3 Å². The summed E-state index contributed by atoms with van der Waals surface area (Å²) >= 11 is 0. The van der Waals surface area contributed by atoms with Crippen molar-refractivity contribution in [3.8, 4) is 18.1 Å². The summed E-state index contributed by atoms with van der Waals surface area (Å²) in [7, 11) is 1.95. The molecule has 0 saturated carbocycles. The number of carbonyl (C=O) groups is 1. The molecule has 0 aromatic heterocycles. The zero-order valence-electron chi connectivity index (χ0n) is 13.0. The molecule has 0 N–H and O–H groups in total. The Morgan fingerprint density at radius 2 is 2.05 bits per heavy atom. The van der Waals surface area contributed by atoms with Crippen molar-refractivity contribution in [3.63, 3.8) is 0 Å². The smallest absolute Gasteiger partial charge is 0.236 e. The summed E-state index contributed by atoms with van der Waals surface area (Å²) in [5.41, 5.74) is 1.13. The van der Waals surface area contributed by atoms with Gasteiger partial charge in [-0.3, -0.25) is 9.69 Å². The van der Waals surface area contributed by atoms with E-state index < -0.39 is 0 Å². The van der Waals surface area contributed by atoms with Gasteiger partial charge in [0.1, 0.15) is 12.4 Å². The lowest BCUT2D eigenvalue weighted by Gasteiger charge is -2.28. The fourth-order valence-corrected chi connectivity index (χ4v) is 2.33. The fourth-order valence-electron chi connectivity index (χ4n) is 2.33. The van der Waals surface area contributed by atoms with E-state index in [4.69, 9.17) is 15.9 Å². The Balaban J connectivity index is 1.79. The van der Waals surface area contributed by atoms with Crippen LogP contribution < -0.4 is 4.74 Å². The van der Waals surface area contributed by atoms with Gasteiger partial charge in [0.15, 0.2) is 0 Å². The van der Waals surface area contributed by atoms with Gasteiger partial charge in [-0.1, -0.05) is 18.1 Å². The molecule has 0 bridgehead atoms. The third-order valence-electron chi connectivity index (χ3n) is 3.47. The molecule has 0 spiro atoms. The topological polar surface area (TPSA) is 42.0 Å². The van der Waals surface area contributed by atoms with Crippen molar-refractivity contribution in [2.45, 2.75) is 6.54 Å². The molecule has 118 valence electrons. The highest BCUT2D eigenvalue weighted by Gasteiger charge is 2.18. The Morgan fingerprint density at radius 1 is 1.36 bits per heavy atom. The molecule has 1 aliphatic heterocycles. The Labute approximate surface area is 131 Å². The first-order valence-electron chi connectivity index (χ1n) is 7.38. The molecule has 0 radical (unpaired) electrons. The van der Waals surface area contributed by atoms with Gasteiger partial charge >= 0.3 is 0 Å². The highest BCUT2D eigenvalue weighted by molar-refractivity contribution is 5.78. The minimum Gasteiger partial charge on any atom is -0.481 e. The second-order valence-corrected chi connectivity index (χ2v) is 5.30. The fraction of sp³-hybridized carbons (Fsp3) is 0.471. The van der Waals surface area contributed by atoms with Crippen molar-refractivity contribution < 1.29 is 14.3 Å². The SMILES string of the molecule is C#CCOc1ccc(CN(C)CC(=O)N2CCOCC2)cc1. The average Bonchev–Trinajstić information content (AvgIpc) is 2.55. The van der Waals surface area contributed by atoms with Crippen molar-refractivity contribution in [1.82, 2.24) is 9.80 Å². The number of rotatable bonds is 6. The van der Waals surface area contributed by atoms with Crippen LogP contribution in [-0.2, 0) is 16.1 Å². The van der Waals surface area contributed by atoms with Gasteiger partial charge in [-0.2, -0.15) is 0 Å². The molecule has 5 heteroatoms. The standard InChI is InChI=1S/C17H22N2O3/c1-3-10-22-16-6-4-15(5-7-16)13-18(2)14-17(20)19-8-11-21-12-9-19/h1,4-7H,8-14H2,2H3. The van der Waals surface area contributed by atoms with Crippen LogP contribution in [0.1, 0.15) is 5.56 Å². The number of hydrogen-bond acceptors (Lipinski definition) is 4. The molecule has 1 saturated heterocycles. The number of carbonyl (C=O) groups excluding carboxylic acids is 1. The number of morpholine rings is 1. The number of nitrogens with zero attached hydrogens (tertiary/aromatic N) is 2. The second-order valence-electron chi connectivity index (χ2n) is 5.30. The van der Waals surface area contributed by atoms with Crippen LogP contribution in [0.4, 0.5) is 0 Å². The number of likely N-dealkylation sites (N-methyl/N-ethyl adjacent to an activating group) is 1. The molecule has 22 heavy (non-hydrogen) atoms. The lowest BCUT2D eigenvalue weighted by molar-refractivity contribution is -0.136. The molecule has 2 rings (SSSR count). The molecule has 0 unspecified atom stereocenters. The van der Waals surface area contributed by atoms with Gasteiger partial charge in [-0.05, 0) is 24.7 Å².